The molecule has 228 valence electrons. The number of rotatable bonds is 3. The van der Waals surface area contributed by atoms with E-state index >= 15 is 0 Å². The van der Waals surface area contributed by atoms with Crippen molar-refractivity contribution in [2.75, 3.05) is 12.5 Å². The highest BCUT2D eigenvalue weighted by molar-refractivity contribution is 8.33. The minimum absolute atomic E-state index is 0.728. The first-order chi connectivity index (χ1) is 23.6. The van der Waals surface area contributed by atoms with E-state index in [0.717, 1.165) is 61.4 Å². The first-order valence-corrected chi connectivity index (χ1v) is 18.7. The minimum Gasteiger partial charge on any atom is -0.455 e. The Hall–Kier alpha value is -5.71. The van der Waals surface area contributed by atoms with Crippen LogP contribution in [0.4, 0.5) is 0 Å². The average molecular weight is 635 g/mol. The molecule has 0 saturated heterocycles. The number of hydrogen-bond acceptors (Lipinski definition) is 3. The topological polar surface area (TPSA) is 38.9 Å². The maximum absolute atomic E-state index is 6.43. The first-order valence-electron chi connectivity index (χ1n) is 16.2. The third-order valence-electron chi connectivity index (χ3n) is 9.89. The monoisotopic (exact) mass is 634 g/mol. The van der Waals surface area contributed by atoms with Gasteiger partial charge in [0, 0.05) is 42.8 Å². The summed E-state index contributed by atoms with van der Waals surface area (Å²) >= 11 is 0. The maximum Gasteiger partial charge on any atom is 0.160 e. The molecule has 0 bridgehead atoms. The van der Waals surface area contributed by atoms with Crippen molar-refractivity contribution in [2.24, 2.45) is 0 Å². The van der Waals surface area contributed by atoms with Crippen LogP contribution in [-0.2, 0) is 0 Å². The van der Waals surface area contributed by atoms with Gasteiger partial charge in [-0.3, -0.25) is 0 Å². The highest BCUT2D eigenvalue weighted by Crippen LogP contribution is 2.71. The van der Waals surface area contributed by atoms with Crippen LogP contribution >= 0.6 is 10.0 Å². The van der Waals surface area contributed by atoms with Gasteiger partial charge in [-0.15, -0.1) is 0 Å². The summed E-state index contributed by atoms with van der Waals surface area (Å²) in [4.78, 5) is 13.6. The molecule has 4 heteroatoms. The normalized spacial score (nSPS) is 14.0. The van der Waals surface area contributed by atoms with Crippen LogP contribution in [0, 0.1) is 0 Å². The van der Waals surface area contributed by atoms with E-state index in [2.05, 4.69) is 146 Å². The predicted octanol–water partition coefficient (Wildman–Crippen LogP) is 12.1. The Morgan fingerprint density at radius 1 is 0.458 bits per heavy atom. The lowest BCUT2D eigenvalue weighted by molar-refractivity contribution is 0.670. The molecule has 1 aliphatic rings. The van der Waals surface area contributed by atoms with Gasteiger partial charge in [0.2, 0.25) is 0 Å². The molecule has 3 heterocycles. The van der Waals surface area contributed by atoms with Gasteiger partial charge in [-0.2, -0.15) is 10.0 Å². The number of nitrogens with zero attached hydrogens (tertiary/aromatic N) is 2. The van der Waals surface area contributed by atoms with E-state index in [1.807, 2.05) is 12.1 Å². The largest absolute Gasteiger partial charge is 0.455 e. The number of furan rings is 1. The fourth-order valence-electron chi connectivity index (χ4n) is 7.80. The van der Waals surface area contributed by atoms with Gasteiger partial charge in [-0.05, 0) is 51.8 Å². The SMILES string of the molecule is CS1(C)c2c(-c3ccccc3)nc(-c3cccc(-c4cccc5c4oc4ccccc45)c3)nc2-c2c1c1ccccc1c1ccccc21. The molecule has 0 fully saturated rings. The summed E-state index contributed by atoms with van der Waals surface area (Å²) in [5.74, 6) is 0.728. The van der Waals surface area contributed by atoms with Crippen LogP contribution in [0.3, 0.4) is 0 Å². The lowest BCUT2D eigenvalue weighted by Gasteiger charge is -2.31. The molecular weight excluding hydrogens is 605 g/mol. The van der Waals surface area contributed by atoms with Crippen molar-refractivity contribution in [1.29, 1.82) is 0 Å². The fraction of sp³-hybridized carbons (Fsp3) is 0.0455. The summed E-state index contributed by atoms with van der Waals surface area (Å²) in [5.41, 5.74) is 9.35. The molecule has 3 nitrogen and oxygen atoms in total. The molecule has 0 aliphatic carbocycles. The number of fused-ring (bicyclic) bond motifs is 11. The standard InChI is InChI=1S/C44H30N2OS/c1-48(2)42-36-22-9-7-19-32(36)31-18-6-8-21-34(31)38(42)40-43(48)39(27-14-4-3-5-15-27)45-44(46-40)29-17-12-16-28(26-29)30-23-13-24-35-33-20-10-11-25-37(33)47-41(30)35/h3-26H,1-2H3. The molecule has 1 aliphatic heterocycles. The van der Waals surface area contributed by atoms with E-state index in [4.69, 9.17) is 14.4 Å². The van der Waals surface area contributed by atoms with Gasteiger partial charge in [0.15, 0.2) is 5.82 Å². The number of benzene rings is 7. The lowest BCUT2D eigenvalue weighted by Crippen LogP contribution is -2.02. The zero-order valence-electron chi connectivity index (χ0n) is 26.6. The van der Waals surface area contributed by atoms with Gasteiger partial charge in [-0.1, -0.05) is 133 Å². The smallest absolute Gasteiger partial charge is 0.160 e. The van der Waals surface area contributed by atoms with Crippen molar-refractivity contribution in [3.63, 3.8) is 0 Å². The molecule has 0 atom stereocenters. The Balaban J connectivity index is 1.26. The molecule has 2 aromatic heterocycles. The molecule has 9 aromatic rings. The third-order valence-corrected chi connectivity index (χ3v) is 12.7. The van der Waals surface area contributed by atoms with Crippen LogP contribution in [0.25, 0.3) is 88.5 Å². The molecule has 0 radical (unpaired) electrons. The Morgan fingerprint density at radius 3 is 1.85 bits per heavy atom. The van der Waals surface area contributed by atoms with Gasteiger partial charge in [-0.25, -0.2) is 9.97 Å². The molecule has 0 N–H and O–H groups in total. The summed E-state index contributed by atoms with van der Waals surface area (Å²) in [6.07, 6.45) is 4.84. The molecule has 10 rings (SSSR count). The highest BCUT2D eigenvalue weighted by atomic mass is 32.3. The quantitative estimate of drug-likeness (QED) is 0.182. The summed E-state index contributed by atoms with van der Waals surface area (Å²) in [6, 6.07) is 51.6. The molecular formula is C44H30N2OS. The van der Waals surface area contributed by atoms with E-state index in [-0.39, 0.29) is 0 Å². The zero-order chi connectivity index (χ0) is 32.0. The Labute approximate surface area is 279 Å². The zero-order valence-corrected chi connectivity index (χ0v) is 27.4. The Morgan fingerprint density at radius 2 is 1.04 bits per heavy atom. The van der Waals surface area contributed by atoms with Crippen LogP contribution in [-0.4, -0.2) is 22.5 Å². The highest BCUT2D eigenvalue weighted by Gasteiger charge is 2.39. The van der Waals surface area contributed by atoms with E-state index < -0.39 is 10.0 Å². The van der Waals surface area contributed by atoms with E-state index in [0.29, 0.717) is 0 Å². The minimum atomic E-state index is -1.49. The van der Waals surface area contributed by atoms with E-state index in [1.54, 1.807) is 0 Å². The molecule has 0 saturated carbocycles. The number of aromatic nitrogens is 2. The second kappa shape index (κ2) is 10.1. The summed E-state index contributed by atoms with van der Waals surface area (Å²) in [7, 11) is -1.49. The van der Waals surface area contributed by atoms with Crippen LogP contribution in [0.1, 0.15) is 0 Å². The number of hydrogen-bond donors (Lipinski definition) is 0. The van der Waals surface area contributed by atoms with Crippen LogP contribution in [0.5, 0.6) is 0 Å². The average Bonchev–Trinajstić information content (AvgIpc) is 3.64. The molecule has 48 heavy (non-hydrogen) atoms. The van der Waals surface area contributed by atoms with Crippen molar-refractivity contribution in [2.45, 2.75) is 9.79 Å². The van der Waals surface area contributed by atoms with Gasteiger partial charge < -0.3 is 4.42 Å². The van der Waals surface area contributed by atoms with Gasteiger partial charge >= 0.3 is 0 Å². The van der Waals surface area contributed by atoms with Gasteiger partial charge in [0.1, 0.15) is 11.2 Å². The first kappa shape index (κ1) is 27.4. The van der Waals surface area contributed by atoms with Crippen molar-refractivity contribution in [1.82, 2.24) is 9.97 Å². The second-order valence-electron chi connectivity index (χ2n) is 12.9. The summed E-state index contributed by atoms with van der Waals surface area (Å²) in [5, 5.41) is 7.36. The summed E-state index contributed by atoms with van der Waals surface area (Å²) < 4.78 is 6.43. The van der Waals surface area contributed by atoms with E-state index in [9.17, 15) is 0 Å². The maximum atomic E-state index is 6.43. The Bertz CT molecular complexity index is 2760. The van der Waals surface area contributed by atoms with Crippen LogP contribution < -0.4 is 0 Å². The number of para-hydroxylation sites is 2. The van der Waals surface area contributed by atoms with Crippen LogP contribution in [0.2, 0.25) is 0 Å². The van der Waals surface area contributed by atoms with Crippen molar-refractivity contribution >= 4 is 53.5 Å². The molecule has 0 unspecified atom stereocenters. The second-order valence-corrected chi connectivity index (χ2v) is 16.4. The van der Waals surface area contributed by atoms with Crippen LogP contribution in [0.15, 0.2) is 160 Å². The fourth-order valence-corrected chi connectivity index (χ4v) is 10.7. The Kier molecular flexibility index (Phi) is 5.79. The third kappa shape index (κ3) is 3.84. The summed E-state index contributed by atoms with van der Waals surface area (Å²) in [6.45, 7) is 0. The lowest BCUT2D eigenvalue weighted by atomic mass is 9.95. The van der Waals surface area contributed by atoms with Crippen molar-refractivity contribution in [3.8, 4) is 45.0 Å². The van der Waals surface area contributed by atoms with Gasteiger partial charge in [0.05, 0.1) is 11.4 Å². The molecule has 0 amide bonds. The molecule has 0 spiro atoms. The molecule has 7 aromatic carbocycles. The van der Waals surface area contributed by atoms with Gasteiger partial charge in [0.25, 0.3) is 0 Å². The van der Waals surface area contributed by atoms with Crippen molar-refractivity contribution < 1.29 is 4.42 Å². The van der Waals surface area contributed by atoms with Crippen molar-refractivity contribution in [3.05, 3.63) is 146 Å². The predicted molar refractivity (Wildman–Crippen MR) is 202 cm³/mol. The van der Waals surface area contributed by atoms with E-state index in [1.165, 1.54) is 36.9 Å².